The summed E-state index contributed by atoms with van der Waals surface area (Å²) < 4.78 is 69.7. The number of fused-ring (bicyclic) bond motifs is 10. The van der Waals surface area contributed by atoms with E-state index in [-0.39, 0.29) is 28.0 Å². The Kier molecular flexibility index (Phi) is 9.35. The summed E-state index contributed by atoms with van der Waals surface area (Å²) in [6.07, 6.45) is 1.66. The second kappa shape index (κ2) is 18.0. The van der Waals surface area contributed by atoms with Gasteiger partial charge in [-0.05, 0) is 35.0 Å². The molecule has 15 aromatic rings. The van der Waals surface area contributed by atoms with Gasteiger partial charge in [0.2, 0.25) is 0 Å². The molecule has 5 heterocycles. The monoisotopic (exact) mass is 1200 g/mol. The number of aromatic nitrogens is 5. The third kappa shape index (κ3) is 7.42. The minimum absolute atomic E-state index is 0.00884. The fourth-order valence-electron chi connectivity index (χ4n) is 11.9. The van der Waals surface area contributed by atoms with Crippen LogP contribution in [0.1, 0.15) is 45.7 Å². The van der Waals surface area contributed by atoms with Crippen LogP contribution in [0, 0.1) is 29.6 Å². The Labute approximate surface area is 476 Å². The molecule has 6 nitrogen and oxygen atoms in total. The summed E-state index contributed by atoms with van der Waals surface area (Å²) in [5.74, 6) is 0.607. The van der Waals surface area contributed by atoms with Gasteiger partial charge in [-0.2, -0.15) is 0 Å². The fraction of sp³-hybridized carbons (Fsp3) is 0.0833. The van der Waals surface area contributed by atoms with Crippen LogP contribution in [0.15, 0.2) is 219 Å². The molecule has 0 aliphatic heterocycles. The van der Waals surface area contributed by atoms with E-state index in [0.717, 1.165) is 108 Å². The van der Waals surface area contributed by atoms with Crippen molar-refractivity contribution in [3.63, 3.8) is 0 Å². The van der Waals surface area contributed by atoms with Crippen LogP contribution in [0.25, 0.3) is 122 Å². The zero-order chi connectivity index (χ0) is 58.3. The van der Waals surface area contributed by atoms with Gasteiger partial charge in [0, 0.05) is 37.4 Å². The summed E-state index contributed by atoms with van der Waals surface area (Å²) in [4.78, 5) is 5.12. The number of imidazole rings is 1. The van der Waals surface area contributed by atoms with Crippen LogP contribution in [0.4, 0.5) is 0 Å². The van der Waals surface area contributed by atoms with E-state index in [1.54, 1.807) is 30.5 Å². The first-order valence-corrected chi connectivity index (χ1v) is 27.5. The number of ether oxygens (including phenoxy) is 1. The molecule has 0 amide bonds. The zero-order valence-electron chi connectivity index (χ0n) is 49.2. The van der Waals surface area contributed by atoms with Crippen molar-refractivity contribution in [2.45, 2.75) is 39.9 Å². The molecule has 0 fully saturated rings. The van der Waals surface area contributed by atoms with E-state index < -0.39 is 13.7 Å². The van der Waals surface area contributed by atoms with Gasteiger partial charge in [-0.15, -0.1) is 0 Å². The first-order chi connectivity index (χ1) is 41.0. The molecule has 0 bridgehead atoms. The number of para-hydroxylation sites is 5. The van der Waals surface area contributed by atoms with Gasteiger partial charge >= 0.3 is 305 Å². The quantitative estimate of drug-likeness (QED) is 0.142. The number of hydrogen-bond acceptors (Lipinski definition) is 2. The first kappa shape index (κ1) is 41.1. The van der Waals surface area contributed by atoms with E-state index >= 15 is 0 Å². The van der Waals surface area contributed by atoms with E-state index in [1.807, 2.05) is 59.2 Å². The van der Waals surface area contributed by atoms with Gasteiger partial charge in [0.25, 0.3) is 0 Å². The summed E-state index contributed by atoms with van der Waals surface area (Å²) >= 11 is 2.37. The second-order valence-electron chi connectivity index (χ2n) is 21.3. The Morgan fingerprint density at radius 1 is 0.481 bits per heavy atom. The van der Waals surface area contributed by atoms with E-state index in [0.29, 0.717) is 22.6 Å². The molecule has 382 valence electrons. The van der Waals surface area contributed by atoms with Crippen molar-refractivity contribution in [1.29, 1.82) is 0 Å². The van der Waals surface area contributed by atoms with Gasteiger partial charge in [0.15, 0.2) is 0 Å². The van der Waals surface area contributed by atoms with Crippen molar-refractivity contribution in [2.75, 3.05) is 0 Å². The Bertz CT molecular complexity index is 5190. The normalized spacial score (nSPS) is 13.6. The van der Waals surface area contributed by atoms with Crippen molar-refractivity contribution >= 4 is 70.9 Å². The average molecular weight is 1200 g/mol. The van der Waals surface area contributed by atoms with Crippen LogP contribution in [0.5, 0.6) is 11.5 Å². The molecular weight excluding hydrogens is 1150 g/mol. The van der Waals surface area contributed by atoms with Crippen LogP contribution >= 0.6 is 0 Å². The minimum atomic E-state index is -2.59. The molecule has 0 unspecified atom stereocenters. The van der Waals surface area contributed by atoms with Crippen molar-refractivity contribution in [1.82, 2.24) is 23.1 Å². The predicted octanol–water partition coefficient (Wildman–Crippen LogP) is 18.5. The molecule has 0 aliphatic rings. The summed E-state index contributed by atoms with van der Waals surface area (Å²) in [5, 5.41) is 6.19. The van der Waals surface area contributed by atoms with Crippen molar-refractivity contribution in [3.8, 4) is 62.1 Å². The summed E-state index contributed by atoms with van der Waals surface area (Å²) in [6, 6.07) is 78.5. The third-order valence-corrected chi connectivity index (χ3v) is 16.7. The van der Waals surface area contributed by atoms with Gasteiger partial charge in [-0.1, -0.05) is 81.4 Å². The first-order valence-electron chi connectivity index (χ1n) is 29.4. The van der Waals surface area contributed by atoms with Crippen molar-refractivity contribution in [2.24, 2.45) is 0 Å². The third-order valence-electron chi connectivity index (χ3n) is 15.7. The number of pyridine rings is 1. The Balaban J connectivity index is 0.936. The maximum atomic E-state index is 8.96. The Morgan fingerprint density at radius 2 is 1.10 bits per heavy atom. The van der Waals surface area contributed by atoms with Gasteiger partial charge in [-0.3, -0.25) is 0 Å². The maximum absolute atomic E-state index is 8.96. The van der Waals surface area contributed by atoms with Gasteiger partial charge < -0.3 is 4.40 Å². The van der Waals surface area contributed by atoms with Crippen LogP contribution < -0.4 is 4.74 Å². The molecule has 15 rings (SSSR count). The van der Waals surface area contributed by atoms with Gasteiger partial charge in [0.1, 0.15) is 0 Å². The van der Waals surface area contributed by atoms with Crippen LogP contribution in [-0.4, -0.2) is 23.1 Å². The van der Waals surface area contributed by atoms with Gasteiger partial charge in [0.05, 0.1) is 16.6 Å². The smallest absolute Gasteiger partial charge is 0.0579 e. The van der Waals surface area contributed by atoms with E-state index in [9.17, 15) is 0 Å². The molecule has 10 aromatic carbocycles. The zero-order valence-corrected chi connectivity index (χ0v) is 45.5. The predicted molar refractivity (Wildman–Crippen MR) is 321 cm³/mol. The summed E-state index contributed by atoms with van der Waals surface area (Å²) in [6.45, 7) is 1.34. The molecular formula is C72H51N5OPt-2. The van der Waals surface area contributed by atoms with Crippen LogP contribution in [0.2, 0.25) is 0 Å². The minimum Gasteiger partial charge on any atom is -0.0579 e. The fourth-order valence-corrected chi connectivity index (χ4v) is 13.0. The molecule has 0 aliphatic carbocycles. The summed E-state index contributed by atoms with van der Waals surface area (Å²) in [5.41, 5.74) is 14.5. The van der Waals surface area contributed by atoms with Crippen molar-refractivity contribution < 1.29 is 32.3 Å². The molecule has 79 heavy (non-hydrogen) atoms. The topological polar surface area (TPSA) is 41.3 Å². The number of nitrogens with zero attached hydrogens (tertiary/aromatic N) is 5. The van der Waals surface area contributed by atoms with Gasteiger partial charge in [-0.25, -0.2) is 0 Å². The summed E-state index contributed by atoms with van der Waals surface area (Å²) in [7, 11) is 0. The molecule has 5 aromatic heterocycles. The van der Waals surface area contributed by atoms with E-state index in [1.165, 1.54) is 0 Å². The SMILES string of the molecule is [2H]C([2H])([2H])c1ccc(-n2[c](=[Pt])n(-c3c(-c4ccccc4)cccc3-c3ccccc3)c3ccccc32)[c-]c1Oc1[c-]c2c(cc1)c1cc3c4cccc5c6ccccc6n(c3cc1n2-c1cc(C([2H])([2H])[2H])c(-c2ccc(C(C)(C)C)cc2)cn1)c54. The van der Waals surface area contributed by atoms with Crippen molar-refractivity contribution in [3.05, 3.63) is 251 Å². The molecule has 0 spiro atoms. The molecule has 0 N–H and O–H groups in total. The van der Waals surface area contributed by atoms with E-state index in [4.69, 9.17) is 17.9 Å². The molecule has 7 heteroatoms. The van der Waals surface area contributed by atoms with Crippen LogP contribution in [0.3, 0.4) is 0 Å². The Hall–Kier alpha value is -9.09. The average Bonchev–Trinajstić information content (AvgIpc) is 1.57. The molecule has 0 saturated heterocycles. The standard InChI is InChI=1S/C72H51N5O.Pt/c1-45-30-35-51(74-44-75(64-29-15-14-28-63(64)74)70-53(47-18-8-6-9-19-47)23-16-24-54(70)48-20-10-7-11-21-48)39-68(45)78-52-36-37-56-59-41-60-58-26-17-25-57-55-22-12-13-27-62(55)77(71(57)58)67(60)42-66(59)76(65(56)40-52)69-38-46(2)61(43-73-69)49-31-33-50(34-32-49)72(3,4)5;/h6-38,41-43H,1-5H3;/q-2;/i1D3,2D3;. The molecule has 0 saturated carbocycles. The number of rotatable bonds is 8. The second-order valence-corrected chi connectivity index (χ2v) is 22.3. The number of hydrogen-bond donors (Lipinski definition) is 0. The molecule has 0 radical (unpaired) electrons. The number of aryl methyl sites for hydroxylation is 2. The molecule has 0 atom stereocenters. The number of benzene rings is 10. The Morgan fingerprint density at radius 3 is 1.81 bits per heavy atom. The van der Waals surface area contributed by atoms with E-state index in [2.05, 4.69) is 199 Å². The van der Waals surface area contributed by atoms with Crippen LogP contribution in [-0.2, 0) is 24.8 Å².